The predicted molar refractivity (Wildman–Crippen MR) is 122 cm³/mol. The van der Waals surface area contributed by atoms with Crippen LogP contribution in [-0.2, 0) is 17.9 Å². The minimum Gasteiger partial charge on any atom is -0.312 e. The van der Waals surface area contributed by atoms with Crippen LogP contribution in [0.2, 0.25) is 0 Å². The van der Waals surface area contributed by atoms with Gasteiger partial charge in [0.15, 0.2) is 0 Å². The van der Waals surface area contributed by atoms with Crippen LogP contribution >= 0.6 is 0 Å². The summed E-state index contributed by atoms with van der Waals surface area (Å²) in [5, 5.41) is 0. The van der Waals surface area contributed by atoms with Gasteiger partial charge >= 0.3 is 6.03 Å². The number of rotatable bonds is 4. The molecule has 3 amide bonds. The van der Waals surface area contributed by atoms with Crippen LogP contribution in [0.1, 0.15) is 29.8 Å². The fourth-order valence-electron chi connectivity index (χ4n) is 4.87. The Morgan fingerprint density at radius 1 is 0.875 bits per heavy atom. The second-order valence-electron chi connectivity index (χ2n) is 8.77. The van der Waals surface area contributed by atoms with Gasteiger partial charge in [0, 0.05) is 26.7 Å². The van der Waals surface area contributed by atoms with Crippen LogP contribution in [0.5, 0.6) is 0 Å². The molecular formula is C25H27N5O2. The molecule has 2 aromatic carbocycles. The summed E-state index contributed by atoms with van der Waals surface area (Å²) < 4.78 is 0. The number of fused-ring (bicyclic) bond motifs is 1. The number of hydrogen-bond donors (Lipinski definition) is 0. The number of likely N-dealkylation sites (tertiary alicyclic amines) is 1. The third kappa shape index (κ3) is 3.42. The summed E-state index contributed by atoms with van der Waals surface area (Å²) in [5.74, 6) is -0.0739. The molecule has 0 saturated carbocycles. The van der Waals surface area contributed by atoms with E-state index in [9.17, 15) is 9.59 Å². The molecule has 3 aromatic rings. The average Bonchev–Trinajstić information content (AvgIpc) is 2.98. The molecule has 0 atom stereocenters. The van der Waals surface area contributed by atoms with Crippen molar-refractivity contribution in [2.45, 2.75) is 38.4 Å². The van der Waals surface area contributed by atoms with Crippen LogP contribution in [0.25, 0.3) is 11.0 Å². The second-order valence-corrected chi connectivity index (χ2v) is 8.77. The van der Waals surface area contributed by atoms with E-state index in [0.29, 0.717) is 25.9 Å². The van der Waals surface area contributed by atoms with E-state index in [-0.39, 0.29) is 11.9 Å². The number of amides is 3. The summed E-state index contributed by atoms with van der Waals surface area (Å²) >= 11 is 0. The van der Waals surface area contributed by atoms with E-state index in [2.05, 4.69) is 4.90 Å². The van der Waals surface area contributed by atoms with Gasteiger partial charge in [-0.2, -0.15) is 0 Å². The van der Waals surface area contributed by atoms with E-state index < -0.39 is 5.54 Å². The molecule has 2 saturated heterocycles. The lowest BCUT2D eigenvalue weighted by molar-refractivity contribution is -0.135. The van der Waals surface area contributed by atoms with Crippen LogP contribution in [0.3, 0.4) is 0 Å². The maximum absolute atomic E-state index is 13.4. The quantitative estimate of drug-likeness (QED) is 0.595. The van der Waals surface area contributed by atoms with Crippen molar-refractivity contribution in [2.75, 3.05) is 20.1 Å². The molecule has 7 heteroatoms. The first-order valence-corrected chi connectivity index (χ1v) is 11.1. The predicted octanol–water partition coefficient (Wildman–Crippen LogP) is 3.37. The fourth-order valence-corrected chi connectivity index (χ4v) is 4.87. The van der Waals surface area contributed by atoms with Gasteiger partial charge in [0.05, 0.1) is 29.0 Å². The van der Waals surface area contributed by atoms with Gasteiger partial charge in [0.2, 0.25) is 0 Å². The van der Waals surface area contributed by atoms with Gasteiger partial charge in [-0.25, -0.2) is 14.8 Å². The molecule has 0 unspecified atom stereocenters. The summed E-state index contributed by atoms with van der Waals surface area (Å²) in [6, 6.07) is 17.4. The summed E-state index contributed by atoms with van der Waals surface area (Å²) in [7, 11) is 1.76. The van der Waals surface area contributed by atoms with Crippen LogP contribution in [-0.4, -0.2) is 62.3 Å². The third-order valence-corrected chi connectivity index (χ3v) is 6.89. The Bertz CT molecular complexity index is 1170. The standard InChI is InChI=1S/C25H27N5O2/c1-18-22(27-21-11-7-6-10-20(21)26-18)17-29-14-12-25(13-15-29)23(31)30(24(32)28(25)2)16-19-8-4-3-5-9-19/h3-11H,12-17H2,1-2H3. The molecule has 0 N–H and O–H groups in total. The topological polar surface area (TPSA) is 69.6 Å². The molecular weight excluding hydrogens is 402 g/mol. The number of carbonyl (C=O) groups is 2. The van der Waals surface area contributed by atoms with Gasteiger partial charge in [-0.05, 0) is 37.5 Å². The Kier molecular flexibility index (Phi) is 5.13. The summed E-state index contributed by atoms with van der Waals surface area (Å²) in [6.45, 7) is 4.47. The zero-order chi connectivity index (χ0) is 22.3. The number of piperidine rings is 1. The molecule has 32 heavy (non-hydrogen) atoms. The SMILES string of the molecule is Cc1nc2ccccc2nc1CN1CCC2(CC1)C(=O)N(Cc1ccccc1)C(=O)N2C. The molecule has 164 valence electrons. The number of nitrogens with zero attached hydrogens (tertiary/aromatic N) is 5. The first kappa shape index (κ1) is 20.6. The Labute approximate surface area is 187 Å². The van der Waals surface area contributed by atoms with Gasteiger partial charge in [-0.15, -0.1) is 0 Å². The molecule has 3 heterocycles. The van der Waals surface area contributed by atoms with Crippen LogP contribution in [0.15, 0.2) is 54.6 Å². The summed E-state index contributed by atoms with van der Waals surface area (Å²) in [4.78, 5) is 41.2. The van der Waals surface area contributed by atoms with Crippen molar-refractivity contribution in [3.8, 4) is 0 Å². The molecule has 5 rings (SSSR count). The van der Waals surface area contributed by atoms with Crippen LogP contribution in [0.4, 0.5) is 4.79 Å². The highest BCUT2D eigenvalue weighted by Crippen LogP contribution is 2.37. The molecule has 0 radical (unpaired) electrons. The van der Waals surface area contributed by atoms with Gasteiger partial charge in [-0.3, -0.25) is 14.6 Å². The number of imide groups is 1. The number of aryl methyl sites for hydroxylation is 1. The second kappa shape index (κ2) is 7.98. The van der Waals surface area contributed by atoms with Crippen molar-refractivity contribution in [1.29, 1.82) is 0 Å². The van der Waals surface area contributed by atoms with Crippen LogP contribution < -0.4 is 0 Å². The van der Waals surface area contributed by atoms with E-state index in [1.54, 1.807) is 11.9 Å². The lowest BCUT2D eigenvalue weighted by atomic mass is 9.86. The number of hydrogen-bond acceptors (Lipinski definition) is 5. The Hall–Kier alpha value is -3.32. The molecule has 0 aliphatic carbocycles. The monoisotopic (exact) mass is 429 g/mol. The van der Waals surface area contributed by atoms with Gasteiger partial charge in [-0.1, -0.05) is 42.5 Å². The van der Waals surface area contributed by atoms with Crippen molar-refractivity contribution in [2.24, 2.45) is 0 Å². The summed E-state index contributed by atoms with van der Waals surface area (Å²) in [6.07, 6.45) is 1.25. The number of likely N-dealkylation sites (N-methyl/N-ethyl adjacent to an activating group) is 1. The average molecular weight is 430 g/mol. The smallest absolute Gasteiger partial charge is 0.312 e. The Balaban J connectivity index is 1.30. The Morgan fingerprint density at radius 3 is 2.19 bits per heavy atom. The summed E-state index contributed by atoms with van der Waals surface area (Å²) in [5.41, 5.74) is 3.92. The lowest BCUT2D eigenvalue weighted by Gasteiger charge is -2.40. The largest absolute Gasteiger partial charge is 0.327 e. The molecule has 0 bridgehead atoms. The molecule has 2 aliphatic rings. The minimum atomic E-state index is -0.744. The molecule has 7 nitrogen and oxygen atoms in total. The van der Waals surface area contributed by atoms with Gasteiger partial charge in [0.25, 0.3) is 5.91 Å². The number of para-hydroxylation sites is 2. The van der Waals surface area contributed by atoms with Gasteiger partial charge < -0.3 is 4.90 Å². The van der Waals surface area contributed by atoms with E-state index in [4.69, 9.17) is 9.97 Å². The number of urea groups is 1. The van der Waals surface area contributed by atoms with Gasteiger partial charge in [0.1, 0.15) is 5.54 Å². The number of carbonyl (C=O) groups excluding carboxylic acids is 2. The zero-order valence-corrected chi connectivity index (χ0v) is 18.5. The van der Waals surface area contributed by atoms with E-state index in [1.807, 2.05) is 61.5 Å². The molecule has 2 aliphatic heterocycles. The molecule has 1 spiro atoms. The van der Waals surface area contributed by atoms with E-state index in [0.717, 1.165) is 41.1 Å². The highest BCUT2D eigenvalue weighted by Gasteiger charge is 2.56. The highest BCUT2D eigenvalue weighted by molar-refractivity contribution is 6.06. The van der Waals surface area contributed by atoms with Crippen molar-refractivity contribution in [1.82, 2.24) is 24.7 Å². The maximum Gasteiger partial charge on any atom is 0.327 e. The lowest BCUT2D eigenvalue weighted by Crippen LogP contribution is -2.55. The van der Waals surface area contributed by atoms with E-state index in [1.165, 1.54) is 4.90 Å². The highest BCUT2D eigenvalue weighted by atomic mass is 16.2. The Morgan fingerprint density at radius 2 is 1.50 bits per heavy atom. The normalized spacial score (nSPS) is 18.8. The van der Waals surface area contributed by atoms with E-state index >= 15 is 0 Å². The first-order valence-electron chi connectivity index (χ1n) is 11.1. The first-order chi connectivity index (χ1) is 15.5. The zero-order valence-electron chi connectivity index (χ0n) is 18.5. The van der Waals surface area contributed by atoms with Crippen molar-refractivity contribution >= 4 is 23.0 Å². The molecule has 2 fully saturated rings. The van der Waals surface area contributed by atoms with Crippen molar-refractivity contribution < 1.29 is 9.59 Å². The van der Waals surface area contributed by atoms with Crippen LogP contribution in [0, 0.1) is 6.92 Å². The maximum atomic E-state index is 13.4. The third-order valence-electron chi connectivity index (χ3n) is 6.89. The number of aromatic nitrogens is 2. The molecule has 1 aromatic heterocycles. The minimum absolute atomic E-state index is 0.0739. The fraction of sp³-hybridized carbons (Fsp3) is 0.360. The van der Waals surface area contributed by atoms with Crippen molar-refractivity contribution in [3.05, 3.63) is 71.5 Å². The van der Waals surface area contributed by atoms with Crippen molar-refractivity contribution in [3.63, 3.8) is 0 Å². The number of benzene rings is 2.